The van der Waals surface area contributed by atoms with Gasteiger partial charge in [0, 0.05) is 11.6 Å². The van der Waals surface area contributed by atoms with Crippen LogP contribution in [-0.4, -0.2) is 9.97 Å². The van der Waals surface area contributed by atoms with Crippen LogP contribution in [0, 0.1) is 6.92 Å². The molecule has 0 fully saturated rings. The van der Waals surface area contributed by atoms with Crippen molar-refractivity contribution >= 4 is 10.9 Å². The molecule has 0 N–H and O–H groups in total. The molecule has 0 saturated carbocycles. The number of fused-ring (bicyclic) bond motifs is 1. The second-order valence-corrected chi connectivity index (χ2v) is 4.82. The first-order valence-corrected chi connectivity index (χ1v) is 6.34. The lowest BCUT2D eigenvalue weighted by Gasteiger charge is -2.08. The second-order valence-electron chi connectivity index (χ2n) is 4.82. The van der Waals surface area contributed by atoms with E-state index in [1.54, 1.807) is 18.3 Å². The summed E-state index contributed by atoms with van der Waals surface area (Å²) in [7, 11) is 0. The molecule has 2 nitrogen and oxygen atoms in total. The Morgan fingerprint density at radius 2 is 1.71 bits per heavy atom. The Morgan fingerprint density at radius 1 is 0.905 bits per heavy atom. The lowest BCUT2D eigenvalue weighted by Crippen LogP contribution is -2.04. The van der Waals surface area contributed by atoms with Crippen LogP contribution in [0.2, 0.25) is 0 Å². The summed E-state index contributed by atoms with van der Waals surface area (Å²) >= 11 is 0. The monoisotopic (exact) mass is 288 g/mol. The molecule has 21 heavy (non-hydrogen) atoms. The maximum Gasteiger partial charge on any atom is 0.416 e. The average Bonchev–Trinajstić information content (AvgIpc) is 2.45. The number of hydrogen-bond donors (Lipinski definition) is 0. The molecule has 2 heterocycles. The number of nitrogens with zero attached hydrogens (tertiary/aromatic N) is 2. The van der Waals surface area contributed by atoms with Crippen molar-refractivity contribution in [3.8, 4) is 11.4 Å². The van der Waals surface area contributed by atoms with Crippen LogP contribution in [-0.2, 0) is 6.18 Å². The van der Waals surface area contributed by atoms with Crippen LogP contribution in [0.4, 0.5) is 13.2 Å². The minimum atomic E-state index is -4.34. The summed E-state index contributed by atoms with van der Waals surface area (Å²) in [6.45, 7) is 1.95. The number of aryl methyl sites for hydroxylation is 1. The van der Waals surface area contributed by atoms with Gasteiger partial charge >= 0.3 is 6.18 Å². The normalized spacial score (nSPS) is 11.8. The predicted octanol–water partition coefficient (Wildman–Crippen LogP) is 4.62. The minimum Gasteiger partial charge on any atom is -0.255 e. The fourth-order valence-electron chi connectivity index (χ4n) is 2.12. The van der Waals surface area contributed by atoms with Crippen molar-refractivity contribution in [2.75, 3.05) is 0 Å². The van der Waals surface area contributed by atoms with Crippen molar-refractivity contribution < 1.29 is 13.2 Å². The van der Waals surface area contributed by atoms with Gasteiger partial charge in [-0.15, -0.1) is 0 Å². The zero-order valence-electron chi connectivity index (χ0n) is 11.1. The third-order valence-corrected chi connectivity index (χ3v) is 3.19. The Hall–Kier alpha value is -2.43. The molecule has 3 aromatic rings. The van der Waals surface area contributed by atoms with E-state index in [9.17, 15) is 13.2 Å². The second kappa shape index (κ2) is 4.84. The highest BCUT2D eigenvalue weighted by atomic mass is 19.4. The quantitative estimate of drug-likeness (QED) is 0.652. The molecule has 0 amide bonds. The summed E-state index contributed by atoms with van der Waals surface area (Å²) < 4.78 is 38.0. The fourth-order valence-corrected chi connectivity index (χ4v) is 2.12. The molecule has 106 valence electrons. The van der Waals surface area contributed by atoms with E-state index in [0.29, 0.717) is 22.3 Å². The number of alkyl halides is 3. The summed E-state index contributed by atoms with van der Waals surface area (Å²) in [6.07, 6.45) is -2.66. The maximum atomic E-state index is 12.7. The van der Waals surface area contributed by atoms with Crippen LogP contribution < -0.4 is 0 Å². The van der Waals surface area contributed by atoms with Gasteiger partial charge in [0.1, 0.15) is 0 Å². The summed E-state index contributed by atoms with van der Waals surface area (Å²) in [5.74, 6) is 0. The molecule has 0 radical (unpaired) electrons. The van der Waals surface area contributed by atoms with Gasteiger partial charge in [-0.3, -0.25) is 4.98 Å². The van der Waals surface area contributed by atoms with Gasteiger partial charge in [-0.2, -0.15) is 13.2 Å². The Morgan fingerprint density at radius 3 is 2.43 bits per heavy atom. The predicted molar refractivity (Wildman–Crippen MR) is 74.7 cm³/mol. The number of halogens is 3. The Labute approximate surface area is 119 Å². The summed E-state index contributed by atoms with van der Waals surface area (Å²) in [5, 5.41) is 0.459. The summed E-state index contributed by atoms with van der Waals surface area (Å²) in [5.41, 5.74) is 2.25. The SMILES string of the molecule is Cc1ccnc(-c2ccc3cc(C(F)(F)F)ccc3n2)c1. The smallest absolute Gasteiger partial charge is 0.255 e. The molecule has 3 rings (SSSR count). The third kappa shape index (κ3) is 2.72. The van der Waals surface area contributed by atoms with Gasteiger partial charge in [0.05, 0.1) is 22.5 Å². The number of benzene rings is 1. The Bertz CT molecular complexity index is 810. The third-order valence-electron chi connectivity index (χ3n) is 3.19. The van der Waals surface area contributed by atoms with Crippen LogP contribution in [0.25, 0.3) is 22.3 Å². The number of rotatable bonds is 1. The van der Waals surface area contributed by atoms with Crippen molar-refractivity contribution in [3.63, 3.8) is 0 Å². The molecule has 1 aromatic carbocycles. The first-order chi connectivity index (χ1) is 9.93. The molecule has 2 aromatic heterocycles. The molecule has 0 aliphatic carbocycles. The van der Waals surface area contributed by atoms with Crippen molar-refractivity contribution in [2.45, 2.75) is 13.1 Å². The molecule has 0 saturated heterocycles. The van der Waals surface area contributed by atoms with Crippen molar-refractivity contribution in [3.05, 3.63) is 59.8 Å². The van der Waals surface area contributed by atoms with Gasteiger partial charge in [-0.1, -0.05) is 6.07 Å². The van der Waals surface area contributed by atoms with Gasteiger partial charge in [-0.25, -0.2) is 4.98 Å². The fraction of sp³-hybridized carbons (Fsp3) is 0.125. The maximum absolute atomic E-state index is 12.7. The van der Waals surface area contributed by atoms with Crippen LogP contribution in [0.3, 0.4) is 0 Å². The van der Waals surface area contributed by atoms with Crippen LogP contribution in [0.15, 0.2) is 48.7 Å². The van der Waals surface area contributed by atoms with Gasteiger partial charge in [-0.05, 0) is 48.9 Å². The van der Waals surface area contributed by atoms with Crippen LogP contribution >= 0.6 is 0 Å². The van der Waals surface area contributed by atoms with E-state index in [-0.39, 0.29) is 0 Å². The van der Waals surface area contributed by atoms with Crippen molar-refractivity contribution in [1.82, 2.24) is 9.97 Å². The van der Waals surface area contributed by atoms with E-state index in [1.165, 1.54) is 6.07 Å². The molecule has 0 aliphatic rings. The van der Waals surface area contributed by atoms with E-state index in [0.717, 1.165) is 17.7 Å². The number of pyridine rings is 2. The van der Waals surface area contributed by atoms with Gasteiger partial charge in [0.25, 0.3) is 0 Å². The molecule has 0 aliphatic heterocycles. The lowest BCUT2D eigenvalue weighted by atomic mass is 10.1. The number of hydrogen-bond acceptors (Lipinski definition) is 2. The highest BCUT2D eigenvalue weighted by Gasteiger charge is 2.30. The molecule has 0 atom stereocenters. The zero-order valence-corrected chi connectivity index (χ0v) is 11.1. The van der Waals surface area contributed by atoms with E-state index >= 15 is 0 Å². The van der Waals surface area contributed by atoms with Gasteiger partial charge in [0.2, 0.25) is 0 Å². The van der Waals surface area contributed by atoms with E-state index in [1.807, 2.05) is 19.1 Å². The van der Waals surface area contributed by atoms with Crippen molar-refractivity contribution in [1.29, 1.82) is 0 Å². The van der Waals surface area contributed by atoms with E-state index < -0.39 is 11.7 Å². The Kier molecular flexibility index (Phi) is 3.12. The molecule has 0 spiro atoms. The molecular weight excluding hydrogens is 277 g/mol. The molecular formula is C16H11F3N2. The highest BCUT2D eigenvalue weighted by molar-refractivity contribution is 5.82. The van der Waals surface area contributed by atoms with Gasteiger partial charge < -0.3 is 0 Å². The Balaban J connectivity index is 2.09. The van der Waals surface area contributed by atoms with Crippen LogP contribution in [0.5, 0.6) is 0 Å². The first kappa shape index (κ1) is 13.5. The van der Waals surface area contributed by atoms with E-state index in [4.69, 9.17) is 0 Å². The standard InChI is InChI=1S/C16H11F3N2/c1-10-6-7-20-15(8-10)14-4-2-11-9-12(16(17,18)19)3-5-13(11)21-14/h2-9H,1H3. The highest BCUT2D eigenvalue weighted by Crippen LogP contribution is 2.31. The average molecular weight is 288 g/mol. The molecule has 0 bridgehead atoms. The molecule has 0 unspecified atom stereocenters. The number of aromatic nitrogens is 2. The van der Waals surface area contributed by atoms with E-state index in [2.05, 4.69) is 9.97 Å². The zero-order chi connectivity index (χ0) is 15.0. The summed E-state index contributed by atoms with van der Waals surface area (Å²) in [4.78, 5) is 8.61. The van der Waals surface area contributed by atoms with Crippen molar-refractivity contribution in [2.24, 2.45) is 0 Å². The minimum absolute atomic E-state index is 0.459. The summed E-state index contributed by atoms with van der Waals surface area (Å²) in [6, 6.07) is 10.6. The van der Waals surface area contributed by atoms with Crippen LogP contribution in [0.1, 0.15) is 11.1 Å². The topological polar surface area (TPSA) is 25.8 Å². The largest absolute Gasteiger partial charge is 0.416 e. The lowest BCUT2D eigenvalue weighted by molar-refractivity contribution is -0.137. The van der Waals surface area contributed by atoms with Gasteiger partial charge in [0.15, 0.2) is 0 Å². The molecule has 5 heteroatoms. The first-order valence-electron chi connectivity index (χ1n) is 6.34.